The number of piperidine rings is 1. The van der Waals surface area contributed by atoms with Gasteiger partial charge in [-0.15, -0.1) is 0 Å². The van der Waals surface area contributed by atoms with Gasteiger partial charge in [-0.2, -0.15) is 0 Å². The highest BCUT2D eigenvalue weighted by atomic mass is 32.2. The van der Waals surface area contributed by atoms with Crippen LogP contribution >= 0.6 is 0 Å². The summed E-state index contributed by atoms with van der Waals surface area (Å²) in [5, 5.41) is 0. The van der Waals surface area contributed by atoms with E-state index in [-0.39, 0.29) is 17.2 Å². The molecule has 0 aromatic heterocycles. The van der Waals surface area contributed by atoms with E-state index in [0.717, 1.165) is 12.8 Å². The summed E-state index contributed by atoms with van der Waals surface area (Å²) in [5.41, 5.74) is 5.90. The lowest BCUT2D eigenvalue weighted by molar-refractivity contribution is 0.155. The molecule has 1 aliphatic rings. The van der Waals surface area contributed by atoms with Crippen LogP contribution in [0.2, 0.25) is 0 Å². The standard InChI is InChI=1S/C12H26N2O2S/c1-10(2)6-8-17(15,16)14-7-5-11(13)12(3,4)9-14/h10-11H,5-9,13H2,1-4H3. The van der Waals surface area contributed by atoms with Crippen molar-refractivity contribution in [3.05, 3.63) is 0 Å². The first kappa shape index (κ1) is 14.9. The van der Waals surface area contributed by atoms with E-state index in [1.54, 1.807) is 4.31 Å². The Labute approximate surface area is 106 Å². The molecule has 1 atom stereocenters. The molecular weight excluding hydrogens is 236 g/mol. The van der Waals surface area contributed by atoms with Gasteiger partial charge in [-0.25, -0.2) is 12.7 Å². The Morgan fingerprint density at radius 3 is 2.47 bits per heavy atom. The second-order valence-corrected chi connectivity index (χ2v) is 8.30. The Hall–Kier alpha value is -0.130. The number of hydrogen-bond acceptors (Lipinski definition) is 3. The Morgan fingerprint density at radius 2 is 2.00 bits per heavy atom. The van der Waals surface area contributed by atoms with Gasteiger partial charge in [0.15, 0.2) is 0 Å². The van der Waals surface area contributed by atoms with Crippen molar-refractivity contribution in [2.24, 2.45) is 17.1 Å². The maximum atomic E-state index is 12.2. The molecule has 1 saturated heterocycles. The molecule has 0 bridgehead atoms. The molecular formula is C12H26N2O2S. The van der Waals surface area contributed by atoms with Gasteiger partial charge in [0.25, 0.3) is 0 Å². The maximum absolute atomic E-state index is 12.2. The lowest BCUT2D eigenvalue weighted by atomic mass is 9.81. The van der Waals surface area contributed by atoms with E-state index in [0.29, 0.717) is 19.0 Å². The van der Waals surface area contributed by atoms with Crippen LogP contribution in [0.3, 0.4) is 0 Å². The molecule has 1 aliphatic heterocycles. The summed E-state index contributed by atoms with van der Waals surface area (Å²) < 4.78 is 26.0. The van der Waals surface area contributed by atoms with Gasteiger partial charge in [0.05, 0.1) is 5.75 Å². The number of sulfonamides is 1. The maximum Gasteiger partial charge on any atom is 0.214 e. The van der Waals surface area contributed by atoms with Gasteiger partial charge in [-0.1, -0.05) is 27.7 Å². The van der Waals surface area contributed by atoms with Crippen LogP contribution in [0.5, 0.6) is 0 Å². The molecule has 1 heterocycles. The molecule has 17 heavy (non-hydrogen) atoms. The first-order chi connectivity index (χ1) is 7.65. The molecule has 1 unspecified atom stereocenters. The smallest absolute Gasteiger partial charge is 0.214 e. The summed E-state index contributed by atoms with van der Waals surface area (Å²) in [6.45, 7) is 9.31. The van der Waals surface area contributed by atoms with Gasteiger partial charge in [-0.3, -0.25) is 0 Å². The minimum Gasteiger partial charge on any atom is -0.327 e. The molecule has 102 valence electrons. The largest absolute Gasteiger partial charge is 0.327 e. The number of hydrogen-bond donors (Lipinski definition) is 1. The van der Waals surface area contributed by atoms with Crippen LogP contribution in [0, 0.1) is 11.3 Å². The minimum absolute atomic E-state index is 0.0963. The topological polar surface area (TPSA) is 63.4 Å². The third-order valence-electron chi connectivity index (χ3n) is 3.62. The van der Waals surface area contributed by atoms with E-state index in [2.05, 4.69) is 0 Å². The fourth-order valence-electron chi connectivity index (χ4n) is 2.08. The zero-order chi connectivity index (χ0) is 13.3. The molecule has 0 spiro atoms. The van der Waals surface area contributed by atoms with Crippen LogP contribution in [0.1, 0.15) is 40.5 Å². The van der Waals surface area contributed by atoms with Crippen molar-refractivity contribution in [1.29, 1.82) is 0 Å². The molecule has 1 fully saturated rings. The summed E-state index contributed by atoms with van der Waals surface area (Å²) in [6, 6.07) is 0.0963. The van der Waals surface area contributed by atoms with Crippen LogP contribution in [-0.2, 0) is 10.0 Å². The van der Waals surface area contributed by atoms with Crippen molar-refractivity contribution < 1.29 is 8.42 Å². The Bertz CT molecular complexity index is 350. The zero-order valence-electron chi connectivity index (χ0n) is 11.4. The molecule has 2 N–H and O–H groups in total. The predicted molar refractivity (Wildman–Crippen MR) is 71.2 cm³/mol. The third kappa shape index (κ3) is 3.93. The van der Waals surface area contributed by atoms with Crippen molar-refractivity contribution in [3.8, 4) is 0 Å². The predicted octanol–water partition coefficient (Wildman–Crippen LogP) is 1.42. The minimum atomic E-state index is -3.10. The van der Waals surface area contributed by atoms with Gasteiger partial charge in [-0.05, 0) is 24.2 Å². The molecule has 0 saturated carbocycles. The Kier molecular flexibility index (Phi) is 4.60. The Balaban J connectivity index is 2.67. The van der Waals surface area contributed by atoms with E-state index < -0.39 is 10.0 Å². The molecule has 5 heteroatoms. The first-order valence-electron chi connectivity index (χ1n) is 6.38. The monoisotopic (exact) mass is 262 g/mol. The van der Waals surface area contributed by atoms with Gasteiger partial charge < -0.3 is 5.73 Å². The quantitative estimate of drug-likeness (QED) is 0.833. The van der Waals surface area contributed by atoms with E-state index >= 15 is 0 Å². The van der Waals surface area contributed by atoms with Gasteiger partial charge in [0.1, 0.15) is 0 Å². The third-order valence-corrected chi connectivity index (χ3v) is 5.47. The molecule has 0 radical (unpaired) electrons. The highest BCUT2D eigenvalue weighted by Crippen LogP contribution is 2.29. The van der Waals surface area contributed by atoms with E-state index in [4.69, 9.17) is 5.73 Å². The second kappa shape index (κ2) is 5.24. The summed E-state index contributed by atoms with van der Waals surface area (Å²) >= 11 is 0. The Morgan fingerprint density at radius 1 is 1.41 bits per heavy atom. The van der Waals surface area contributed by atoms with Crippen molar-refractivity contribution in [2.45, 2.75) is 46.6 Å². The van der Waals surface area contributed by atoms with Crippen LogP contribution in [0.15, 0.2) is 0 Å². The number of nitrogens with two attached hydrogens (primary N) is 1. The molecule has 0 aliphatic carbocycles. The second-order valence-electron chi connectivity index (χ2n) is 6.22. The number of nitrogens with zero attached hydrogens (tertiary/aromatic N) is 1. The molecule has 1 rings (SSSR count). The van der Waals surface area contributed by atoms with Crippen LogP contribution in [-0.4, -0.2) is 37.6 Å². The van der Waals surface area contributed by atoms with Crippen molar-refractivity contribution >= 4 is 10.0 Å². The summed E-state index contributed by atoms with van der Waals surface area (Å²) in [4.78, 5) is 0. The van der Waals surface area contributed by atoms with Crippen molar-refractivity contribution in [1.82, 2.24) is 4.31 Å². The van der Waals surface area contributed by atoms with Gasteiger partial charge in [0, 0.05) is 19.1 Å². The van der Waals surface area contributed by atoms with Crippen LogP contribution in [0.25, 0.3) is 0 Å². The molecule has 0 aromatic rings. The average molecular weight is 262 g/mol. The molecule has 0 amide bonds. The SMILES string of the molecule is CC(C)CCS(=O)(=O)N1CCC(N)C(C)(C)C1. The van der Waals surface area contributed by atoms with Crippen molar-refractivity contribution in [2.75, 3.05) is 18.8 Å². The first-order valence-corrected chi connectivity index (χ1v) is 7.99. The van der Waals surface area contributed by atoms with Crippen LogP contribution < -0.4 is 5.73 Å². The van der Waals surface area contributed by atoms with E-state index in [9.17, 15) is 8.42 Å². The van der Waals surface area contributed by atoms with Crippen LogP contribution in [0.4, 0.5) is 0 Å². The zero-order valence-corrected chi connectivity index (χ0v) is 12.3. The van der Waals surface area contributed by atoms with E-state index in [1.165, 1.54) is 0 Å². The summed E-state index contributed by atoms with van der Waals surface area (Å²) in [6.07, 6.45) is 1.49. The lowest BCUT2D eigenvalue weighted by Gasteiger charge is -2.41. The van der Waals surface area contributed by atoms with E-state index in [1.807, 2.05) is 27.7 Å². The normalized spacial score (nSPS) is 26.4. The molecule has 0 aromatic carbocycles. The molecule has 4 nitrogen and oxygen atoms in total. The summed E-state index contributed by atoms with van der Waals surface area (Å²) in [7, 11) is -3.10. The lowest BCUT2D eigenvalue weighted by Crippen LogP contribution is -2.54. The van der Waals surface area contributed by atoms with Crippen molar-refractivity contribution in [3.63, 3.8) is 0 Å². The number of rotatable bonds is 4. The highest BCUT2D eigenvalue weighted by molar-refractivity contribution is 7.89. The fourth-order valence-corrected chi connectivity index (χ4v) is 4.02. The van der Waals surface area contributed by atoms with Gasteiger partial charge in [0.2, 0.25) is 10.0 Å². The average Bonchev–Trinajstić information content (AvgIpc) is 2.19. The summed E-state index contributed by atoms with van der Waals surface area (Å²) in [5.74, 6) is 0.681. The van der Waals surface area contributed by atoms with Gasteiger partial charge >= 0.3 is 0 Å². The highest BCUT2D eigenvalue weighted by Gasteiger charge is 2.37. The fraction of sp³-hybridized carbons (Fsp3) is 1.00.